The van der Waals surface area contributed by atoms with Crippen molar-refractivity contribution in [3.8, 4) is 0 Å². The molecule has 0 amide bonds. The molecule has 0 spiro atoms. The molecule has 78 valence electrons. The SMILES string of the molecule is O=P(O)(OCCl)OCc1ccccc1. The number of halogens is 1. The summed E-state index contributed by atoms with van der Waals surface area (Å²) in [5, 5.41) is 0. The van der Waals surface area contributed by atoms with Crippen molar-refractivity contribution >= 4 is 19.4 Å². The average molecular weight is 237 g/mol. The number of phosphoric acid groups is 1. The molecule has 4 nitrogen and oxygen atoms in total. The molecule has 0 saturated heterocycles. The molecule has 14 heavy (non-hydrogen) atoms. The highest BCUT2D eigenvalue weighted by molar-refractivity contribution is 7.47. The molecule has 0 aliphatic carbocycles. The number of benzene rings is 1. The average Bonchev–Trinajstić information content (AvgIpc) is 2.17. The fraction of sp³-hybridized carbons (Fsp3) is 0.250. The van der Waals surface area contributed by atoms with E-state index >= 15 is 0 Å². The van der Waals surface area contributed by atoms with Crippen molar-refractivity contribution in [3.05, 3.63) is 35.9 Å². The van der Waals surface area contributed by atoms with Gasteiger partial charge >= 0.3 is 7.82 Å². The minimum atomic E-state index is -3.99. The normalized spacial score (nSPS) is 15.0. The van der Waals surface area contributed by atoms with Crippen LogP contribution in [0.1, 0.15) is 5.56 Å². The predicted octanol–water partition coefficient (Wildman–Crippen LogP) is 2.52. The van der Waals surface area contributed by atoms with Gasteiger partial charge < -0.3 is 4.89 Å². The predicted molar refractivity (Wildman–Crippen MR) is 52.9 cm³/mol. The first-order valence-electron chi connectivity index (χ1n) is 3.86. The van der Waals surface area contributed by atoms with Crippen molar-refractivity contribution in [3.63, 3.8) is 0 Å². The summed E-state index contributed by atoms with van der Waals surface area (Å²) >= 11 is 5.13. The second kappa shape index (κ2) is 5.49. The van der Waals surface area contributed by atoms with Gasteiger partial charge in [-0.05, 0) is 5.56 Å². The molecule has 0 fully saturated rings. The molecule has 0 aliphatic heterocycles. The van der Waals surface area contributed by atoms with Crippen molar-refractivity contribution < 1.29 is 18.5 Å². The summed E-state index contributed by atoms with van der Waals surface area (Å²) in [5.41, 5.74) is 0.792. The quantitative estimate of drug-likeness (QED) is 0.630. The van der Waals surface area contributed by atoms with E-state index in [1.54, 1.807) is 12.1 Å². The van der Waals surface area contributed by atoms with Crippen molar-refractivity contribution in [2.75, 3.05) is 6.07 Å². The van der Waals surface area contributed by atoms with Crippen LogP contribution in [0.4, 0.5) is 0 Å². The maximum atomic E-state index is 11.0. The summed E-state index contributed by atoms with van der Waals surface area (Å²) in [6.07, 6.45) is 0. The van der Waals surface area contributed by atoms with Gasteiger partial charge in [-0.25, -0.2) is 4.57 Å². The highest BCUT2D eigenvalue weighted by Crippen LogP contribution is 2.44. The van der Waals surface area contributed by atoms with Crippen LogP contribution < -0.4 is 0 Å². The van der Waals surface area contributed by atoms with E-state index in [-0.39, 0.29) is 12.7 Å². The number of hydrogen-bond donors (Lipinski definition) is 1. The van der Waals surface area contributed by atoms with Gasteiger partial charge in [-0.3, -0.25) is 9.05 Å². The first-order chi connectivity index (χ1) is 6.64. The van der Waals surface area contributed by atoms with E-state index in [9.17, 15) is 4.57 Å². The van der Waals surface area contributed by atoms with Crippen LogP contribution in [0.5, 0.6) is 0 Å². The van der Waals surface area contributed by atoms with E-state index in [0.717, 1.165) is 5.56 Å². The Labute approximate surface area is 87.0 Å². The largest absolute Gasteiger partial charge is 0.473 e. The smallest absolute Gasteiger partial charge is 0.302 e. The lowest BCUT2D eigenvalue weighted by molar-refractivity contribution is 0.160. The Morgan fingerprint density at radius 2 is 1.93 bits per heavy atom. The van der Waals surface area contributed by atoms with Gasteiger partial charge in [0, 0.05) is 0 Å². The molecule has 0 bridgehead atoms. The zero-order chi connectivity index (χ0) is 10.4. The molecule has 0 aliphatic rings. The fourth-order valence-electron chi connectivity index (χ4n) is 0.829. The molecule has 1 unspecified atom stereocenters. The van der Waals surface area contributed by atoms with Gasteiger partial charge in [0.05, 0.1) is 6.61 Å². The Bertz CT molecular complexity index is 316. The standard InChI is InChI=1S/C8H10ClO4P/c9-7-13-14(10,11)12-6-8-4-2-1-3-5-8/h1-5H,6-7H2,(H,10,11). The summed E-state index contributed by atoms with van der Waals surface area (Å²) in [4.78, 5) is 9.00. The van der Waals surface area contributed by atoms with Crippen molar-refractivity contribution in [2.24, 2.45) is 0 Å². The summed E-state index contributed by atoms with van der Waals surface area (Å²) < 4.78 is 20.0. The second-order valence-corrected chi connectivity index (χ2v) is 4.14. The van der Waals surface area contributed by atoms with E-state index in [2.05, 4.69) is 9.05 Å². The van der Waals surface area contributed by atoms with Crippen LogP contribution >= 0.6 is 19.4 Å². The third-order valence-corrected chi connectivity index (χ3v) is 2.62. The molecule has 0 saturated carbocycles. The minimum Gasteiger partial charge on any atom is -0.302 e. The fourth-order valence-corrected chi connectivity index (χ4v) is 1.71. The van der Waals surface area contributed by atoms with Crippen LogP contribution in [0, 0.1) is 0 Å². The first kappa shape index (κ1) is 11.7. The maximum absolute atomic E-state index is 11.0. The molecule has 1 atom stereocenters. The molecule has 1 aromatic carbocycles. The van der Waals surface area contributed by atoms with Gasteiger partial charge in [0.25, 0.3) is 0 Å². The van der Waals surface area contributed by atoms with E-state index in [1.165, 1.54) is 0 Å². The van der Waals surface area contributed by atoms with Gasteiger partial charge in [-0.2, -0.15) is 0 Å². The summed E-state index contributed by atoms with van der Waals surface area (Å²) in [6, 6.07) is 8.65. The Hall–Kier alpha value is -0.380. The topological polar surface area (TPSA) is 55.8 Å². The van der Waals surface area contributed by atoms with Crippen LogP contribution in [-0.2, 0) is 20.2 Å². The van der Waals surface area contributed by atoms with Gasteiger partial charge in [0.15, 0.2) is 0 Å². The van der Waals surface area contributed by atoms with Crippen LogP contribution in [0.3, 0.4) is 0 Å². The van der Waals surface area contributed by atoms with E-state index < -0.39 is 7.82 Å². The van der Waals surface area contributed by atoms with Gasteiger partial charge in [-0.1, -0.05) is 41.9 Å². The zero-order valence-corrected chi connectivity index (χ0v) is 8.95. The van der Waals surface area contributed by atoms with Crippen LogP contribution in [0.15, 0.2) is 30.3 Å². The van der Waals surface area contributed by atoms with E-state index in [0.29, 0.717) is 0 Å². The van der Waals surface area contributed by atoms with Gasteiger partial charge in [0.1, 0.15) is 6.07 Å². The Morgan fingerprint density at radius 1 is 1.29 bits per heavy atom. The highest BCUT2D eigenvalue weighted by atomic mass is 35.5. The van der Waals surface area contributed by atoms with Gasteiger partial charge in [-0.15, -0.1) is 0 Å². The lowest BCUT2D eigenvalue weighted by Crippen LogP contribution is -1.94. The lowest BCUT2D eigenvalue weighted by atomic mass is 10.2. The third kappa shape index (κ3) is 4.22. The summed E-state index contributed by atoms with van der Waals surface area (Å²) in [5.74, 6) is 0. The number of alkyl halides is 1. The molecule has 0 heterocycles. The summed E-state index contributed by atoms with van der Waals surface area (Å²) in [7, 11) is -3.99. The third-order valence-electron chi connectivity index (χ3n) is 1.45. The van der Waals surface area contributed by atoms with E-state index in [1.807, 2.05) is 18.2 Å². The molecule has 1 aromatic rings. The number of hydrogen-bond acceptors (Lipinski definition) is 3. The Balaban J connectivity index is 2.45. The molecule has 1 rings (SSSR count). The highest BCUT2D eigenvalue weighted by Gasteiger charge is 2.19. The lowest BCUT2D eigenvalue weighted by Gasteiger charge is -2.09. The zero-order valence-electron chi connectivity index (χ0n) is 7.30. The Morgan fingerprint density at radius 3 is 2.50 bits per heavy atom. The van der Waals surface area contributed by atoms with Crippen LogP contribution in [-0.4, -0.2) is 11.0 Å². The molecule has 0 aromatic heterocycles. The first-order valence-corrected chi connectivity index (χ1v) is 5.89. The molecule has 6 heteroatoms. The van der Waals surface area contributed by atoms with Crippen molar-refractivity contribution in [1.29, 1.82) is 0 Å². The molecule has 1 N–H and O–H groups in total. The van der Waals surface area contributed by atoms with Crippen molar-refractivity contribution in [1.82, 2.24) is 0 Å². The van der Waals surface area contributed by atoms with Crippen LogP contribution in [0.25, 0.3) is 0 Å². The number of rotatable bonds is 5. The molecular weight excluding hydrogens is 227 g/mol. The molecular formula is C8H10ClO4P. The molecule has 0 radical (unpaired) electrons. The van der Waals surface area contributed by atoms with Crippen LogP contribution in [0.2, 0.25) is 0 Å². The minimum absolute atomic E-state index is 0.0194. The van der Waals surface area contributed by atoms with E-state index in [4.69, 9.17) is 16.5 Å². The second-order valence-electron chi connectivity index (χ2n) is 2.47. The maximum Gasteiger partial charge on any atom is 0.473 e. The monoisotopic (exact) mass is 236 g/mol. The van der Waals surface area contributed by atoms with Crippen molar-refractivity contribution in [2.45, 2.75) is 6.61 Å². The summed E-state index contributed by atoms with van der Waals surface area (Å²) in [6.45, 7) is 0.0194. The Kier molecular flexibility index (Phi) is 4.58. The number of phosphoric ester groups is 1. The van der Waals surface area contributed by atoms with Gasteiger partial charge in [0.2, 0.25) is 0 Å².